The van der Waals surface area contributed by atoms with Crippen molar-refractivity contribution in [1.29, 1.82) is 0 Å². The summed E-state index contributed by atoms with van der Waals surface area (Å²) in [7, 11) is -0.974. The van der Waals surface area contributed by atoms with E-state index in [0.717, 1.165) is 0 Å². The average molecular weight is 151 g/mol. The first kappa shape index (κ1) is 10.8. The van der Waals surface area contributed by atoms with Gasteiger partial charge in [0.1, 0.15) is 0 Å². The molecule has 0 aromatic heterocycles. The van der Waals surface area contributed by atoms with Gasteiger partial charge in [-0.2, -0.15) is 0 Å². The van der Waals surface area contributed by atoms with E-state index in [9.17, 15) is 0 Å². The summed E-state index contributed by atoms with van der Waals surface area (Å²) in [6, 6.07) is 0. The van der Waals surface area contributed by atoms with E-state index in [1.54, 1.807) is 0 Å². The molecule has 0 unspecified atom stereocenters. The van der Waals surface area contributed by atoms with Crippen LogP contribution in [-0.4, -0.2) is 43.6 Å². The van der Waals surface area contributed by atoms with Crippen molar-refractivity contribution in [2.45, 2.75) is 31.7 Å². The zero-order chi connectivity index (χ0) is 8.20. The summed E-state index contributed by atoms with van der Waals surface area (Å²) in [5, 5.41) is 1.29. The van der Waals surface area contributed by atoms with Crippen LogP contribution in [0.4, 0.5) is 0 Å². The Morgan fingerprint density at radius 1 is 1.30 bits per heavy atom. The molecule has 0 aromatic carbocycles. The Kier molecular flexibility index (Phi) is 4.97. The molecular weight excluding hydrogens is 133 g/mol. The zero-order valence-electron chi connectivity index (χ0n) is 8.07. The van der Waals surface area contributed by atoms with E-state index in [1.165, 1.54) is 18.2 Å². The summed E-state index contributed by atoms with van der Waals surface area (Å²) in [5.74, 6) is 0. The monoisotopic (exact) mass is 151 g/mol. The fraction of sp³-hybridized carbons (Fsp3) is 1.00. The second-order valence-corrected chi connectivity index (χ2v) is 8.72. The van der Waals surface area contributed by atoms with Gasteiger partial charge in [0.2, 0.25) is 0 Å². The van der Waals surface area contributed by atoms with Crippen molar-refractivity contribution in [3.05, 3.63) is 0 Å². The molecule has 0 saturated carbocycles. The second kappa shape index (κ2) is 4.61. The van der Waals surface area contributed by atoms with E-state index in [-0.39, 0.29) is 0 Å². The van der Waals surface area contributed by atoms with Crippen LogP contribution in [0.2, 0.25) is 24.7 Å². The summed E-state index contributed by atoms with van der Waals surface area (Å²) in [6.07, 6.45) is 0. The first-order valence-corrected chi connectivity index (χ1v) is 7.72. The average Bonchev–Trinajstić information content (AvgIpc) is 1.80. The minimum atomic E-state index is -0.974. The molecule has 0 rings (SSSR count). The molecule has 0 heterocycles. The second-order valence-electron chi connectivity index (χ2n) is 3.75. The Labute approximate surface area is 75.5 Å². The standard InChI is InChI=1S/C7H18NSi.Li/c1-6-8(7-2)9(3,4)5;/h1,6-7H2,2-5H3;. The molecule has 3 heteroatoms. The van der Waals surface area contributed by atoms with Crippen molar-refractivity contribution >= 4 is 26.0 Å². The predicted octanol–water partition coefficient (Wildman–Crippen LogP) is 1.73. The molecule has 0 amide bonds. The van der Waals surface area contributed by atoms with Crippen LogP contribution >= 0.6 is 0 Å². The molecule has 0 aliphatic heterocycles. The third-order valence-corrected chi connectivity index (χ3v) is 4.26. The van der Waals surface area contributed by atoms with Crippen molar-refractivity contribution in [2.24, 2.45) is 0 Å². The molecule has 0 bridgehead atoms. The number of hydrogen-bond donors (Lipinski definition) is 0. The van der Waals surface area contributed by atoms with Gasteiger partial charge in [-0.15, -0.1) is 0 Å². The van der Waals surface area contributed by atoms with Crippen LogP contribution in [0.5, 0.6) is 0 Å². The fourth-order valence-electron chi connectivity index (χ4n) is 1.24. The molecule has 0 radical (unpaired) electrons. The van der Waals surface area contributed by atoms with Gasteiger partial charge in [-0.1, -0.05) is 0 Å². The molecule has 0 atom stereocenters. The van der Waals surface area contributed by atoms with Gasteiger partial charge >= 0.3 is 75.3 Å². The van der Waals surface area contributed by atoms with Crippen molar-refractivity contribution in [2.75, 3.05) is 13.1 Å². The number of nitrogens with zero attached hydrogens (tertiary/aromatic N) is 1. The molecule has 0 N–H and O–H groups in total. The van der Waals surface area contributed by atoms with E-state index < -0.39 is 8.24 Å². The maximum atomic E-state index is 2.63. The molecule has 0 aromatic rings. The maximum absolute atomic E-state index is 2.63. The van der Waals surface area contributed by atoms with Gasteiger partial charge in [-0.05, 0) is 0 Å². The summed E-state index contributed by atoms with van der Waals surface area (Å²) < 4.78 is 2.63. The molecule has 10 heavy (non-hydrogen) atoms. The quantitative estimate of drug-likeness (QED) is 0.553. The Morgan fingerprint density at radius 2 is 1.80 bits per heavy atom. The van der Waals surface area contributed by atoms with Gasteiger partial charge in [-0.3, -0.25) is 0 Å². The van der Waals surface area contributed by atoms with Crippen LogP contribution in [0.3, 0.4) is 0 Å². The summed E-state index contributed by atoms with van der Waals surface area (Å²) in [5.41, 5.74) is 0. The van der Waals surface area contributed by atoms with Gasteiger partial charge < -0.3 is 0 Å². The van der Waals surface area contributed by atoms with E-state index in [4.69, 9.17) is 0 Å². The normalized spacial score (nSPS) is 12.7. The Bertz CT molecular complexity index is 90.1. The first-order valence-electron chi connectivity index (χ1n) is 4.27. The summed E-state index contributed by atoms with van der Waals surface area (Å²) >= 11 is 2.25. The van der Waals surface area contributed by atoms with Crippen LogP contribution in [0, 0.1) is 0 Å². The Balaban J connectivity index is 3.81. The molecule has 0 spiro atoms. The SMILES string of the molecule is [Li][CH2]CN(CC)[Si](C)(C)C. The van der Waals surface area contributed by atoms with Crippen molar-refractivity contribution in [1.82, 2.24) is 4.57 Å². The van der Waals surface area contributed by atoms with Crippen molar-refractivity contribution in [3.8, 4) is 0 Å². The van der Waals surface area contributed by atoms with Crippen molar-refractivity contribution in [3.63, 3.8) is 0 Å². The number of hydrogen-bond acceptors (Lipinski definition) is 1. The summed E-state index contributed by atoms with van der Waals surface area (Å²) in [4.78, 5) is 0. The Hall–Kier alpha value is 0.774. The Morgan fingerprint density at radius 3 is 1.90 bits per heavy atom. The van der Waals surface area contributed by atoms with E-state index in [1.807, 2.05) is 0 Å². The van der Waals surface area contributed by atoms with Gasteiger partial charge in [-0.25, -0.2) is 0 Å². The van der Waals surface area contributed by atoms with Gasteiger partial charge in [0, 0.05) is 0 Å². The predicted molar refractivity (Wildman–Crippen MR) is 51.2 cm³/mol. The van der Waals surface area contributed by atoms with E-state index in [0.29, 0.717) is 0 Å². The van der Waals surface area contributed by atoms with Crippen molar-refractivity contribution < 1.29 is 0 Å². The molecule has 0 fully saturated rings. The molecule has 1 nitrogen and oxygen atoms in total. The zero-order valence-corrected chi connectivity index (χ0v) is 9.07. The summed E-state index contributed by atoms with van der Waals surface area (Å²) in [6.45, 7) is 12.0. The molecule has 0 aliphatic carbocycles. The van der Waals surface area contributed by atoms with Crippen LogP contribution in [0.15, 0.2) is 0 Å². The van der Waals surface area contributed by atoms with Crippen LogP contribution in [0.1, 0.15) is 6.92 Å². The van der Waals surface area contributed by atoms with E-state index >= 15 is 0 Å². The minimum absolute atomic E-state index is 0.974. The molecule has 56 valence electrons. The van der Waals surface area contributed by atoms with Gasteiger partial charge in [0.05, 0.1) is 0 Å². The molecule has 0 aliphatic rings. The topological polar surface area (TPSA) is 3.24 Å². The number of rotatable bonds is 4. The van der Waals surface area contributed by atoms with Crippen LogP contribution < -0.4 is 0 Å². The third kappa shape index (κ3) is 3.83. The van der Waals surface area contributed by atoms with Gasteiger partial charge in [0.15, 0.2) is 0 Å². The molecular formula is C7H18LiNSi. The van der Waals surface area contributed by atoms with Crippen LogP contribution in [0.25, 0.3) is 0 Å². The van der Waals surface area contributed by atoms with Crippen LogP contribution in [-0.2, 0) is 0 Å². The third-order valence-electron chi connectivity index (χ3n) is 1.82. The molecule has 0 saturated heterocycles. The van der Waals surface area contributed by atoms with Gasteiger partial charge in [0.25, 0.3) is 0 Å². The fourth-order valence-corrected chi connectivity index (χ4v) is 3.08. The first-order chi connectivity index (χ1) is 4.52. The van der Waals surface area contributed by atoms with E-state index in [2.05, 4.69) is 48.8 Å².